The lowest BCUT2D eigenvalue weighted by molar-refractivity contribution is -0.819. The van der Waals surface area contributed by atoms with Crippen LogP contribution in [0.15, 0.2) is 0 Å². The van der Waals surface area contributed by atoms with E-state index in [-0.39, 0.29) is 0 Å². The van der Waals surface area contributed by atoms with E-state index >= 15 is 0 Å². The van der Waals surface area contributed by atoms with Crippen LogP contribution in [0.1, 0.15) is 0 Å². The Hall–Kier alpha value is -0.680. The van der Waals surface area contributed by atoms with Gasteiger partial charge in [0.05, 0.1) is 19.1 Å². The normalized spacial score (nSPS) is 8.29. The smallest absolute Gasteiger partial charge is 0.156 e. The lowest BCUT2D eigenvalue weighted by Gasteiger charge is -1.96. The van der Waals surface area contributed by atoms with Crippen molar-refractivity contribution in [2.75, 3.05) is 14.2 Å². The van der Waals surface area contributed by atoms with Crippen LogP contribution < -0.4 is 5.29 Å². The van der Waals surface area contributed by atoms with Gasteiger partial charge in [-0.3, -0.25) is 0 Å². The summed E-state index contributed by atoms with van der Waals surface area (Å²) < 4.78 is 0. The van der Waals surface area contributed by atoms with E-state index < -0.39 is 0 Å². The molecule has 0 aliphatic carbocycles. The van der Waals surface area contributed by atoms with Crippen molar-refractivity contribution in [1.29, 1.82) is 0 Å². The van der Waals surface area contributed by atoms with Gasteiger partial charge in [-0.25, -0.2) is 0 Å². The Morgan fingerprint density at radius 1 is 1.43 bits per heavy atom. The van der Waals surface area contributed by atoms with E-state index in [4.69, 9.17) is 0 Å². The van der Waals surface area contributed by atoms with Gasteiger partial charge in [0.2, 0.25) is 0 Å². The van der Waals surface area contributed by atoms with Crippen molar-refractivity contribution in [2.24, 2.45) is 0 Å². The molecule has 0 aromatic heterocycles. The zero-order chi connectivity index (χ0) is 5.70. The van der Waals surface area contributed by atoms with Crippen molar-refractivity contribution in [3.63, 3.8) is 0 Å². The highest BCUT2D eigenvalue weighted by molar-refractivity contribution is 3.67. The Bertz CT molecular complexity index is 52.9. The molecule has 5 nitrogen and oxygen atoms in total. The maximum absolute atomic E-state index is 9.52. The Balaban J connectivity index is 3.16. The molecule has 0 saturated heterocycles. The van der Waals surface area contributed by atoms with Gasteiger partial charge in [-0.2, -0.15) is 9.68 Å². The molecular formula is C2H7N2O3+. The maximum atomic E-state index is 9.52. The molecule has 7 heavy (non-hydrogen) atoms. The zero-order valence-corrected chi connectivity index (χ0v) is 4.17. The quantitative estimate of drug-likeness (QED) is 0.431. The van der Waals surface area contributed by atoms with E-state index in [1.807, 2.05) is 0 Å². The maximum Gasteiger partial charge on any atom is 0.156 e. The van der Waals surface area contributed by atoms with E-state index in [2.05, 4.69) is 9.68 Å². The highest BCUT2D eigenvalue weighted by Crippen LogP contribution is 1.66. The van der Waals surface area contributed by atoms with Gasteiger partial charge in [-0.15, -0.1) is 0 Å². The molecule has 0 radical (unpaired) electrons. The number of hydrazine groups is 1. The molecule has 5 heteroatoms. The van der Waals surface area contributed by atoms with Crippen molar-refractivity contribution < 1.29 is 15.0 Å². The van der Waals surface area contributed by atoms with E-state index in [9.17, 15) is 4.91 Å². The van der Waals surface area contributed by atoms with Crippen LogP contribution in [0.3, 0.4) is 0 Å². The minimum Gasteiger partial charge on any atom is -0.200 e. The first kappa shape index (κ1) is 6.32. The van der Waals surface area contributed by atoms with Crippen LogP contribution in [0.5, 0.6) is 0 Å². The molecule has 0 amide bonds. The largest absolute Gasteiger partial charge is 0.200 e. The molecular weight excluding hydrogens is 100 g/mol. The predicted octanol–water partition coefficient (Wildman–Crippen LogP) is -1.83. The Kier molecular flexibility index (Phi) is 3.17. The molecule has 1 N–H and O–H groups in total. The summed E-state index contributed by atoms with van der Waals surface area (Å²) in [5, 5.41) is 1.91. The van der Waals surface area contributed by atoms with Gasteiger partial charge in [-0.1, -0.05) is 0 Å². The SMILES string of the molecule is CON([NH+]=O)OC. The van der Waals surface area contributed by atoms with Crippen molar-refractivity contribution in [3.8, 4) is 0 Å². The molecule has 0 aliphatic heterocycles. The van der Waals surface area contributed by atoms with Crippen LogP contribution in [-0.2, 0) is 9.68 Å². The van der Waals surface area contributed by atoms with Crippen molar-refractivity contribution >= 4 is 0 Å². The van der Waals surface area contributed by atoms with Crippen LogP contribution in [0.2, 0.25) is 0 Å². The summed E-state index contributed by atoms with van der Waals surface area (Å²) in [6, 6.07) is 0. The average Bonchev–Trinajstić information content (AvgIpc) is 1.72. The number of rotatable bonds is 3. The van der Waals surface area contributed by atoms with Gasteiger partial charge in [0.25, 0.3) is 0 Å². The first-order valence-corrected chi connectivity index (χ1v) is 1.61. The fraction of sp³-hybridized carbons (Fsp3) is 1.00. The lowest BCUT2D eigenvalue weighted by Crippen LogP contribution is -2.76. The van der Waals surface area contributed by atoms with Crippen molar-refractivity contribution in [1.82, 2.24) is 5.34 Å². The topological polar surface area (TPSA) is 52.7 Å². The number of nitrogens with one attached hydrogen (secondary N) is 1. The zero-order valence-electron chi connectivity index (χ0n) is 4.17. The Labute approximate surface area is 40.7 Å². The van der Waals surface area contributed by atoms with Crippen molar-refractivity contribution in [2.45, 2.75) is 0 Å². The standard InChI is InChI=1S/C2H6N2O3/c1-6-4(3-5)7-2/h1-2H3/p+1. The van der Waals surface area contributed by atoms with Gasteiger partial charge in [-0.05, 0) is 0 Å². The summed E-state index contributed by atoms with van der Waals surface area (Å²) in [4.78, 5) is 18.0. The highest BCUT2D eigenvalue weighted by atomic mass is 17.0. The summed E-state index contributed by atoms with van der Waals surface area (Å²) in [5.41, 5.74) is 0. The second-order valence-corrected chi connectivity index (χ2v) is 0.714. The molecule has 0 rings (SSSR count). The number of nitrogens with zero attached hydrogens (tertiary/aromatic N) is 1. The van der Waals surface area contributed by atoms with E-state index in [1.54, 1.807) is 0 Å². The third-order valence-electron chi connectivity index (χ3n) is 0.406. The van der Waals surface area contributed by atoms with E-state index in [1.165, 1.54) is 19.5 Å². The Morgan fingerprint density at radius 3 is 1.86 bits per heavy atom. The number of hydrogen-bond donors (Lipinski definition) is 1. The highest BCUT2D eigenvalue weighted by Gasteiger charge is 1.99. The molecule has 0 spiro atoms. The molecule has 0 unspecified atom stereocenters. The van der Waals surface area contributed by atoms with E-state index in [0.29, 0.717) is 5.34 Å². The summed E-state index contributed by atoms with van der Waals surface area (Å²) in [5.74, 6) is 0. The minimum absolute atomic E-state index is 0.569. The van der Waals surface area contributed by atoms with Crippen LogP contribution in [-0.4, -0.2) is 19.6 Å². The van der Waals surface area contributed by atoms with Gasteiger partial charge in [0.1, 0.15) is 5.34 Å². The van der Waals surface area contributed by atoms with Gasteiger partial charge >= 0.3 is 0 Å². The second kappa shape index (κ2) is 3.51. The molecule has 0 heterocycles. The third-order valence-corrected chi connectivity index (χ3v) is 0.406. The van der Waals surface area contributed by atoms with Crippen LogP contribution >= 0.6 is 0 Å². The molecule has 0 bridgehead atoms. The van der Waals surface area contributed by atoms with Crippen LogP contribution in [0.4, 0.5) is 0 Å². The molecule has 0 aromatic carbocycles. The monoisotopic (exact) mass is 107 g/mol. The Morgan fingerprint density at radius 2 is 1.86 bits per heavy atom. The van der Waals surface area contributed by atoms with Crippen LogP contribution in [0.25, 0.3) is 0 Å². The minimum atomic E-state index is 0.569. The summed E-state index contributed by atoms with van der Waals surface area (Å²) >= 11 is 0. The number of hydrogen-bond acceptors (Lipinski definition) is 3. The first-order chi connectivity index (χ1) is 3.35. The lowest BCUT2D eigenvalue weighted by atomic mass is 11.7. The van der Waals surface area contributed by atoms with Crippen LogP contribution in [0, 0.1) is 4.91 Å². The fourth-order valence-electron chi connectivity index (χ4n) is 0.149. The third kappa shape index (κ3) is 2.07. The molecule has 0 aliphatic rings. The summed E-state index contributed by atoms with van der Waals surface area (Å²) in [6.45, 7) is 0. The molecule has 0 fully saturated rings. The van der Waals surface area contributed by atoms with Crippen molar-refractivity contribution in [3.05, 3.63) is 4.91 Å². The fourth-order valence-corrected chi connectivity index (χ4v) is 0.149. The number of nitroso groups, excluding NO2 is 1. The van der Waals surface area contributed by atoms with Gasteiger partial charge in [0.15, 0.2) is 5.29 Å². The average molecular weight is 107 g/mol. The first-order valence-electron chi connectivity index (χ1n) is 1.61. The predicted molar refractivity (Wildman–Crippen MR) is 20.2 cm³/mol. The summed E-state index contributed by atoms with van der Waals surface area (Å²) in [7, 11) is 2.60. The molecule has 0 aromatic rings. The second-order valence-electron chi connectivity index (χ2n) is 0.714. The summed E-state index contributed by atoms with van der Waals surface area (Å²) in [6.07, 6.45) is 0. The van der Waals surface area contributed by atoms with Gasteiger partial charge < -0.3 is 0 Å². The molecule has 42 valence electrons. The van der Waals surface area contributed by atoms with E-state index in [0.717, 1.165) is 0 Å². The molecule has 0 atom stereocenters. The van der Waals surface area contributed by atoms with Gasteiger partial charge in [0, 0.05) is 0 Å². The molecule has 0 saturated carbocycles.